The van der Waals surface area contributed by atoms with Gasteiger partial charge in [0.05, 0.1) is 4.92 Å². The lowest BCUT2D eigenvalue weighted by Gasteiger charge is -2.24. The van der Waals surface area contributed by atoms with Crippen molar-refractivity contribution in [2.45, 2.75) is 45.3 Å². The van der Waals surface area contributed by atoms with Gasteiger partial charge in [-0.05, 0) is 75.6 Å². The highest BCUT2D eigenvalue weighted by Gasteiger charge is 2.29. The number of carbonyl (C=O) groups excluding carboxylic acids is 2. The summed E-state index contributed by atoms with van der Waals surface area (Å²) < 4.78 is 5.49. The number of nitro groups is 1. The second kappa shape index (κ2) is 11.9. The Kier molecular flexibility index (Phi) is 8.64. The topological polar surface area (TPSA) is 119 Å². The maximum atomic E-state index is 13.2. The Hall–Kier alpha value is -4.64. The molecule has 1 amide bonds. The number of phenolic OH excluding ortho intramolecular Hbond substituents is 1. The van der Waals surface area contributed by atoms with Crippen molar-refractivity contribution < 1.29 is 24.4 Å². The highest BCUT2D eigenvalue weighted by Crippen LogP contribution is 2.21. The third-order valence-corrected chi connectivity index (χ3v) is 5.22. The molecule has 0 aromatic heterocycles. The van der Waals surface area contributed by atoms with Crippen LogP contribution in [-0.2, 0) is 16.0 Å². The van der Waals surface area contributed by atoms with Gasteiger partial charge >= 0.3 is 5.97 Å². The van der Waals surface area contributed by atoms with Crippen molar-refractivity contribution in [1.29, 1.82) is 0 Å². The molecule has 0 aliphatic carbocycles. The maximum Gasteiger partial charge on any atom is 0.329 e. The Morgan fingerprint density at radius 3 is 2.24 bits per heavy atom. The molecule has 0 aliphatic rings. The number of hydrogen-bond donors (Lipinski definition) is 2. The minimum atomic E-state index is -1.02. The van der Waals surface area contributed by atoms with Gasteiger partial charge < -0.3 is 15.2 Å². The Balaban J connectivity index is 1.87. The number of hydrogen-bond acceptors (Lipinski definition) is 6. The first kappa shape index (κ1) is 27.0. The fraction of sp³-hybridized carbons (Fsp3) is 0.241. The molecule has 0 fully saturated rings. The second-order valence-electron chi connectivity index (χ2n) is 9.37. The van der Waals surface area contributed by atoms with Crippen LogP contribution in [0.1, 0.15) is 54.2 Å². The first-order valence-corrected chi connectivity index (χ1v) is 11.7. The molecule has 3 aromatic rings. The molecule has 0 unspecified atom stereocenters. The van der Waals surface area contributed by atoms with E-state index in [1.54, 1.807) is 32.9 Å². The lowest BCUT2D eigenvalue weighted by Crippen LogP contribution is -2.44. The molecule has 190 valence electrons. The van der Waals surface area contributed by atoms with Gasteiger partial charge in [0, 0.05) is 17.2 Å². The van der Waals surface area contributed by atoms with Crippen molar-refractivity contribution >= 4 is 17.6 Å². The number of rotatable bonds is 7. The second-order valence-corrected chi connectivity index (χ2v) is 9.37. The van der Waals surface area contributed by atoms with Gasteiger partial charge in [-0.3, -0.25) is 14.9 Å². The predicted molar refractivity (Wildman–Crippen MR) is 139 cm³/mol. The number of amides is 1. The largest absolute Gasteiger partial charge is 0.508 e. The van der Waals surface area contributed by atoms with Crippen molar-refractivity contribution in [1.82, 2.24) is 5.32 Å². The summed E-state index contributed by atoms with van der Waals surface area (Å²) in [5.74, 6) is 4.47. The maximum absolute atomic E-state index is 13.2. The van der Waals surface area contributed by atoms with E-state index in [-0.39, 0.29) is 17.7 Å². The van der Waals surface area contributed by atoms with Crippen LogP contribution in [0.4, 0.5) is 5.69 Å². The standard InChI is InChI=1S/C29H28N2O6/c1-29(2,3)37-28(34)25(17-13-20-7-5-4-6-8-20)30-27(33)24-19-22(14-18-26(24)31(35)36)10-9-21-11-15-23(32)16-12-21/h4-8,11-12,14-16,18-19,25,32H,13,17H2,1-3H3,(H,30,33)/t25-/m0/s1. The highest BCUT2D eigenvalue weighted by atomic mass is 16.6. The van der Waals surface area contributed by atoms with Gasteiger partial charge in [-0.1, -0.05) is 42.2 Å². The third kappa shape index (κ3) is 8.22. The van der Waals surface area contributed by atoms with Crippen LogP contribution in [0.5, 0.6) is 5.75 Å². The Morgan fingerprint density at radius 1 is 1.00 bits per heavy atom. The molecule has 3 aromatic carbocycles. The van der Waals surface area contributed by atoms with Gasteiger partial charge in [-0.2, -0.15) is 0 Å². The zero-order chi connectivity index (χ0) is 27.0. The normalized spacial score (nSPS) is 11.5. The minimum absolute atomic E-state index is 0.103. The number of aromatic hydroxyl groups is 1. The van der Waals surface area contributed by atoms with Crippen molar-refractivity contribution in [2.24, 2.45) is 0 Å². The van der Waals surface area contributed by atoms with E-state index in [0.717, 1.165) is 5.56 Å². The van der Waals surface area contributed by atoms with Crippen molar-refractivity contribution in [3.8, 4) is 17.6 Å². The quantitative estimate of drug-likeness (QED) is 0.209. The minimum Gasteiger partial charge on any atom is -0.508 e. The van der Waals surface area contributed by atoms with Crippen LogP contribution in [0, 0.1) is 22.0 Å². The molecule has 0 spiro atoms. The zero-order valence-electron chi connectivity index (χ0n) is 20.9. The SMILES string of the molecule is CC(C)(C)OC(=O)[C@H](CCc1ccccc1)NC(=O)c1cc(C#Cc2ccc(O)cc2)ccc1[N+](=O)[O-]. The van der Waals surface area contributed by atoms with Crippen molar-refractivity contribution in [2.75, 3.05) is 0 Å². The molecular weight excluding hydrogens is 472 g/mol. The van der Waals surface area contributed by atoms with E-state index in [1.807, 2.05) is 30.3 Å². The summed E-state index contributed by atoms with van der Waals surface area (Å²) in [5.41, 5.74) is 0.579. The van der Waals surface area contributed by atoms with Crippen LogP contribution in [0.15, 0.2) is 72.8 Å². The van der Waals surface area contributed by atoms with Gasteiger partial charge in [0.1, 0.15) is 23.0 Å². The Bertz CT molecular complexity index is 1330. The molecule has 37 heavy (non-hydrogen) atoms. The van der Waals surface area contributed by atoms with Gasteiger partial charge in [-0.25, -0.2) is 4.79 Å². The van der Waals surface area contributed by atoms with E-state index in [9.17, 15) is 24.8 Å². The van der Waals surface area contributed by atoms with Crippen LogP contribution < -0.4 is 5.32 Å². The number of nitrogens with one attached hydrogen (secondary N) is 1. The molecule has 0 radical (unpaired) electrons. The average molecular weight is 501 g/mol. The average Bonchev–Trinajstić information content (AvgIpc) is 2.85. The van der Waals surface area contributed by atoms with E-state index in [0.29, 0.717) is 17.5 Å². The number of carbonyl (C=O) groups is 2. The molecule has 3 rings (SSSR count). The zero-order valence-corrected chi connectivity index (χ0v) is 20.9. The summed E-state index contributed by atoms with van der Waals surface area (Å²) in [4.78, 5) is 37.1. The van der Waals surface area contributed by atoms with E-state index >= 15 is 0 Å². The van der Waals surface area contributed by atoms with Gasteiger partial charge in [-0.15, -0.1) is 0 Å². The lowest BCUT2D eigenvalue weighted by molar-refractivity contribution is -0.385. The number of nitro benzene ring substituents is 1. The van der Waals surface area contributed by atoms with E-state index in [4.69, 9.17) is 4.74 Å². The lowest BCUT2D eigenvalue weighted by atomic mass is 10.0. The fourth-order valence-corrected chi connectivity index (χ4v) is 3.46. The first-order valence-electron chi connectivity index (χ1n) is 11.7. The molecule has 0 heterocycles. The molecule has 0 saturated heterocycles. The first-order chi connectivity index (χ1) is 17.5. The monoisotopic (exact) mass is 500 g/mol. The van der Waals surface area contributed by atoms with Crippen molar-refractivity contribution in [3.05, 3.63) is 105 Å². The van der Waals surface area contributed by atoms with E-state index in [2.05, 4.69) is 17.2 Å². The molecule has 1 atom stereocenters. The van der Waals surface area contributed by atoms with Gasteiger partial charge in [0.2, 0.25) is 0 Å². The number of nitrogens with zero attached hydrogens (tertiary/aromatic N) is 1. The molecule has 0 bridgehead atoms. The summed E-state index contributed by atoms with van der Waals surface area (Å²) in [6, 6.07) is 18.7. The summed E-state index contributed by atoms with van der Waals surface area (Å²) in [6.07, 6.45) is 0.740. The smallest absolute Gasteiger partial charge is 0.329 e. The molecular formula is C29H28N2O6. The number of phenols is 1. The van der Waals surface area contributed by atoms with Crippen LogP contribution >= 0.6 is 0 Å². The number of aryl methyl sites for hydroxylation is 1. The van der Waals surface area contributed by atoms with Crippen LogP contribution in [0.2, 0.25) is 0 Å². The van der Waals surface area contributed by atoms with E-state index < -0.39 is 34.1 Å². The molecule has 2 N–H and O–H groups in total. The molecule has 8 heteroatoms. The van der Waals surface area contributed by atoms with Gasteiger partial charge in [0.25, 0.3) is 11.6 Å². The molecule has 8 nitrogen and oxygen atoms in total. The Labute approximate surface area is 215 Å². The molecule has 0 aliphatic heterocycles. The summed E-state index contributed by atoms with van der Waals surface area (Å²) in [5, 5.41) is 23.7. The summed E-state index contributed by atoms with van der Waals surface area (Å²) in [6.45, 7) is 5.17. The van der Waals surface area contributed by atoms with Crippen molar-refractivity contribution in [3.63, 3.8) is 0 Å². The Morgan fingerprint density at radius 2 is 1.62 bits per heavy atom. The van der Waals surface area contributed by atoms with E-state index in [1.165, 1.54) is 30.3 Å². The number of esters is 1. The number of benzene rings is 3. The molecule has 0 saturated carbocycles. The highest BCUT2D eigenvalue weighted by molar-refractivity contribution is 6.00. The summed E-state index contributed by atoms with van der Waals surface area (Å²) >= 11 is 0. The van der Waals surface area contributed by atoms with Crippen LogP contribution in [0.3, 0.4) is 0 Å². The fourth-order valence-electron chi connectivity index (χ4n) is 3.46. The summed E-state index contributed by atoms with van der Waals surface area (Å²) in [7, 11) is 0. The number of ether oxygens (including phenoxy) is 1. The predicted octanol–water partition coefficient (Wildman–Crippen LogP) is 4.77. The third-order valence-electron chi connectivity index (χ3n) is 5.22. The van der Waals surface area contributed by atoms with Crippen LogP contribution in [0.25, 0.3) is 0 Å². The van der Waals surface area contributed by atoms with Gasteiger partial charge in [0.15, 0.2) is 0 Å². The van der Waals surface area contributed by atoms with Crippen LogP contribution in [-0.4, -0.2) is 33.5 Å².